The molecule has 4 rings (SSSR count). The third-order valence-electron chi connectivity index (χ3n) is 4.54. The molecule has 0 aromatic heterocycles. The van der Waals surface area contributed by atoms with Gasteiger partial charge in [0.2, 0.25) is 12.7 Å². The first-order chi connectivity index (χ1) is 12.6. The van der Waals surface area contributed by atoms with Gasteiger partial charge in [0, 0.05) is 18.1 Å². The van der Waals surface area contributed by atoms with Crippen molar-refractivity contribution in [3.05, 3.63) is 59.7 Å². The molecule has 2 aromatic rings. The van der Waals surface area contributed by atoms with E-state index >= 15 is 0 Å². The summed E-state index contributed by atoms with van der Waals surface area (Å²) >= 11 is 0. The van der Waals surface area contributed by atoms with Crippen LogP contribution in [0.2, 0.25) is 0 Å². The zero-order valence-electron chi connectivity index (χ0n) is 14.1. The highest BCUT2D eigenvalue weighted by Crippen LogP contribution is 2.36. The highest BCUT2D eigenvalue weighted by molar-refractivity contribution is 5.91. The van der Waals surface area contributed by atoms with Gasteiger partial charge in [-0.1, -0.05) is 24.3 Å². The fourth-order valence-electron chi connectivity index (χ4n) is 3.11. The second-order valence-electron chi connectivity index (χ2n) is 6.29. The highest BCUT2D eigenvalue weighted by Gasteiger charge is 2.35. The summed E-state index contributed by atoms with van der Waals surface area (Å²) in [5.74, 6) is 1.75. The number of carbonyl (C=O) groups excluding carboxylic acids is 1. The lowest BCUT2D eigenvalue weighted by molar-refractivity contribution is -0.118. The topological polar surface area (TPSA) is 77.0 Å². The summed E-state index contributed by atoms with van der Waals surface area (Å²) < 4.78 is 16.1. The Kier molecular flexibility index (Phi) is 4.26. The van der Waals surface area contributed by atoms with E-state index in [0.717, 1.165) is 5.56 Å². The Morgan fingerprint density at radius 3 is 2.88 bits per heavy atom. The van der Waals surface area contributed by atoms with Crippen molar-refractivity contribution in [2.45, 2.75) is 12.0 Å². The van der Waals surface area contributed by atoms with Crippen LogP contribution in [0.15, 0.2) is 48.5 Å². The van der Waals surface area contributed by atoms with Crippen molar-refractivity contribution in [3.8, 4) is 17.2 Å². The van der Waals surface area contributed by atoms with E-state index in [9.17, 15) is 9.90 Å². The minimum absolute atomic E-state index is 0.123. The van der Waals surface area contributed by atoms with Gasteiger partial charge in [0.15, 0.2) is 11.5 Å². The number of benzene rings is 2. The van der Waals surface area contributed by atoms with Gasteiger partial charge in [-0.05, 0) is 29.8 Å². The summed E-state index contributed by atoms with van der Waals surface area (Å²) in [6.07, 6.45) is 3.56. The Bertz CT molecular complexity index is 863. The number of fused-ring (bicyclic) bond motifs is 2. The number of carbonyl (C=O) groups is 1. The Hall–Kier alpha value is -2.99. The summed E-state index contributed by atoms with van der Waals surface area (Å²) in [4.78, 5) is 12.2. The molecular formula is C20H19NO5. The molecule has 2 aliphatic heterocycles. The molecule has 0 saturated heterocycles. The number of para-hydroxylation sites is 1. The lowest BCUT2D eigenvalue weighted by atomic mass is 9.88. The largest absolute Gasteiger partial charge is 0.493 e. The standard InChI is InChI=1S/C20H19NO5/c22-19(8-6-14-5-7-17-18(11-14)26-13-25-17)21-12-20(23)9-10-24-16-4-2-1-3-15(16)20/h1-8,11,23H,9-10,12-13H2,(H,21,22)/b8-6+/t20-/m0/s1. The first-order valence-electron chi connectivity index (χ1n) is 8.44. The van der Waals surface area contributed by atoms with E-state index in [1.165, 1.54) is 6.08 Å². The SMILES string of the molecule is O=C(/C=C/c1ccc2c(c1)OCO2)NC[C@@]1(O)CCOc2ccccc21. The molecule has 0 aliphatic carbocycles. The normalized spacial score (nSPS) is 20.5. The summed E-state index contributed by atoms with van der Waals surface area (Å²) in [5.41, 5.74) is 0.405. The molecule has 2 heterocycles. The second kappa shape index (κ2) is 6.72. The van der Waals surface area contributed by atoms with E-state index in [-0.39, 0.29) is 19.2 Å². The fourth-order valence-corrected chi connectivity index (χ4v) is 3.11. The lowest BCUT2D eigenvalue weighted by Gasteiger charge is -2.34. The number of rotatable bonds is 4. The van der Waals surface area contributed by atoms with Crippen LogP contribution in [-0.4, -0.2) is 31.0 Å². The predicted octanol–water partition coefficient (Wildman–Crippen LogP) is 2.21. The minimum Gasteiger partial charge on any atom is -0.493 e. The summed E-state index contributed by atoms with van der Waals surface area (Å²) in [7, 11) is 0. The van der Waals surface area contributed by atoms with Crippen LogP contribution in [0, 0.1) is 0 Å². The number of ether oxygens (including phenoxy) is 3. The maximum Gasteiger partial charge on any atom is 0.244 e. The van der Waals surface area contributed by atoms with Gasteiger partial charge in [-0.3, -0.25) is 4.79 Å². The Morgan fingerprint density at radius 1 is 1.12 bits per heavy atom. The maximum absolute atomic E-state index is 12.2. The summed E-state index contributed by atoms with van der Waals surface area (Å²) in [5, 5.41) is 13.7. The van der Waals surface area contributed by atoms with Crippen LogP contribution in [0.4, 0.5) is 0 Å². The molecule has 2 aliphatic rings. The molecule has 2 aromatic carbocycles. The molecule has 0 spiro atoms. The zero-order chi connectivity index (χ0) is 18.0. The number of amides is 1. The first kappa shape index (κ1) is 16.5. The van der Waals surface area contributed by atoms with Crippen LogP contribution in [-0.2, 0) is 10.4 Å². The van der Waals surface area contributed by atoms with Crippen LogP contribution >= 0.6 is 0 Å². The molecule has 0 unspecified atom stereocenters. The Morgan fingerprint density at radius 2 is 1.96 bits per heavy atom. The van der Waals surface area contributed by atoms with Gasteiger partial charge in [0.25, 0.3) is 0 Å². The summed E-state index contributed by atoms with van der Waals surface area (Å²) in [6.45, 7) is 0.751. The molecule has 1 atom stereocenters. The van der Waals surface area contributed by atoms with Gasteiger partial charge in [-0.2, -0.15) is 0 Å². The van der Waals surface area contributed by atoms with E-state index in [1.807, 2.05) is 42.5 Å². The van der Waals surface area contributed by atoms with Gasteiger partial charge >= 0.3 is 0 Å². The van der Waals surface area contributed by atoms with E-state index in [2.05, 4.69) is 5.32 Å². The van der Waals surface area contributed by atoms with Gasteiger partial charge in [-0.25, -0.2) is 0 Å². The van der Waals surface area contributed by atoms with E-state index < -0.39 is 5.60 Å². The van der Waals surface area contributed by atoms with Crippen molar-refractivity contribution in [1.29, 1.82) is 0 Å². The van der Waals surface area contributed by atoms with Crippen LogP contribution in [0.5, 0.6) is 17.2 Å². The van der Waals surface area contributed by atoms with Crippen molar-refractivity contribution in [1.82, 2.24) is 5.32 Å². The number of nitrogens with one attached hydrogen (secondary N) is 1. The Labute approximate surface area is 151 Å². The average Bonchev–Trinajstić information content (AvgIpc) is 3.13. The van der Waals surface area contributed by atoms with Crippen LogP contribution in [0.3, 0.4) is 0 Å². The molecule has 0 bridgehead atoms. The number of aliphatic hydroxyl groups is 1. The van der Waals surface area contributed by atoms with Gasteiger partial charge in [0.05, 0.1) is 13.2 Å². The van der Waals surface area contributed by atoms with Crippen LogP contribution in [0.1, 0.15) is 17.5 Å². The van der Waals surface area contributed by atoms with Crippen LogP contribution < -0.4 is 19.5 Å². The van der Waals surface area contributed by atoms with E-state index in [4.69, 9.17) is 14.2 Å². The van der Waals surface area contributed by atoms with Crippen LogP contribution in [0.25, 0.3) is 6.08 Å². The smallest absolute Gasteiger partial charge is 0.244 e. The molecule has 0 radical (unpaired) electrons. The van der Waals surface area contributed by atoms with Gasteiger partial charge < -0.3 is 24.6 Å². The van der Waals surface area contributed by atoms with Crippen molar-refractivity contribution in [2.24, 2.45) is 0 Å². The van der Waals surface area contributed by atoms with Gasteiger partial charge in [-0.15, -0.1) is 0 Å². The second-order valence-corrected chi connectivity index (χ2v) is 6.29. The monoisotopic (exact) mass is 353 g/mol. The molecule has 0 saturated carbocycles. The molecule has 6 nitrogen and oxygen atoms in total. The maximum atomic E-state index is 12.2. The first-order valence-corrected chi connectivity index (χ1v) is 8.44. The molecule has 6 heteroatoms. The summed E-state index contributed by atoms with van der Waals surface area (Å²) in [6, 6.07) is 12.8. The van der Waals surface area contributed by atoms with E-state index in [0.29, 0.717) is 35.8 Å². The quantitative estimate of drug-likeness (QED) is 0.824. The zero-order valence-corrected chi connectivity index (χ0v) is 14.1. The average molecular weight is 353 g/mol. The van der Waals surface area contributed by atoms with Crippen molar-refractivity contribution >= 4 is 12.0 Å². The van der Waals surface area contributed by atoms with E-state index in [1.54, 1.807) is 6.08 Å². The highest BCUT2D eigenvalue weighted by atomic mass is 16.7. The molecule has 2 N–H and O–H groups in total. The number of hydrogen-bond donors (Lipinski definition) is 2. The molecule has 0 fully saturated rings. The lowest BCUT2D eigenvalue weighted by Crippen LogP contribution is -2.43. The molecular weight excluding hydrogens is 334 g/mol. The van der Waals surface area contributed by atoms with Crippen molar-refractivity contribution < 1.29 is 24.1 Å². The third-order valence-corrected chi connectivity index (χ3v) is 4.54. The predicted molar refractivity (Wildman–Crippen MR) is 95.1 cm³/mol. The fraction of sp³-hybridized carbons (Fsp3) is 0.250. The molecule has 134 valence electrons. The minimum atomic E-state index is -1.13. The number of hydrogen-bond acceptors (Lipinski definition) is 5. The van der Waals surface area contributed by atoms with Crippen molar-refractivity contribution in [2.75, 3.05) is 19.9 Å². The molecule has 26 heavy (non-hydrogen) atoms. The Balaban J connectivity index is 1.40. The van der Waals surface area contributed by atoms with Crippen molar-refractivity contribution in [3.63, 3.8) is 0 Å². The third kappa shape index (κ3) is 3.23. The molecule has 1 amide bonds. The van der Waals surface area contributed by atoms with Gasteiger partial charge in [0.1, 0.15) is 11.4 Å².